The summed E-state index contributed by atoms with van der Waals surface area (Å²) in [6, 6.07) is 8.56. The van der Waals surface area contributed by atoms with E-state index in [-0.39, 0.29) is 0 Å². The normalized spacial score (nSPS) is 18.4. The zero-order valence-electron chi connectivity index (χ0n) is 8.84. The molecule has 1 aromatic carbocycles. The summed E-state index contributed by atoms with van der Waals surface area (Å²) in [5.41, 5.74) is 5.67. The Morgan fingerprint density at radius 3 is 2.80 bits per heavy atom. The second-order valence-corrected chi connectivity index (χ2v) is 4.37. The van der Waals surface area contributed by atoms with Crippen LogP contribution in [0.15, 0.2) is 35.4 Å². The molecule has 0 aromatic heterocycles. The molecule has 0 N–H and O–H groups in total. The van der Waals surface area contributed by atoms with E-state index in [0.29, 0.717) is 0 Å². The number of hydrogen-bond donors (Lipinski definition) is 0. The Morgan fingerprint density at radius 2 is 1.80 bits per heavy atom. The molecule has 0 atom stereocenters. The molecule has 0 unspecified atom stereocenters. The van der Waals surface area contributed by atoms with Gasteiger partial charge in [-0.15, -0.1) is 0 Å². The molecule has 0 radical (unpaired) electrons. The lowest BCUT2D eigenvalue weighted by Crippen LogP contribution is -2.01. The van der Waals surface area contributed by atoms with Crippen LogP contribution in [-0.2, 0) is 6.42 Å². The summed E-state index contributed by atoms with van der Waals surface area (Å²) in [7, 11) is 0. The topological polar surface area (TPSA) is 0 Å². The van der Waals surface area contributed by atoms with Gasteiger partial charge in [-0.3, -0.25) is 0 Å². The van der Waals surface area contributed by atoms with E-state index in [4.69, 9.17) is 0 Å². The molecule has 0 heteroatoms. The summed E-state index contributed by atoms with van der Waals surface area (Å²) in [6.07, 6.45) is 6.26. The first-order valence-corrected chi connectivity index (χ1v) is 5.74. The van der Waals surface area contributed by atoms with E-state index in [2.05, 4.69) is 36.1 Å². The Hall–Kier alpha value is -1.48. The predicted octanol–water partition coefficient (Wildman–Crippen LogP) is 3.46. The molecule has 0 spiro atoms. The van der Waals surface area contributed by atoms with Crippen molar-refractivity contribution in [3.63, 3.8) is 0 Å². The monoisotopic (exact) mass is 194 g/mol. The van der Waals surface area contributed by atoms with Crippen molar-refractivity contribution in [2.24, 2.45) is 0 Å². The standard InChI is InChI=1S/C15H14/c1-3-7-14-11-15-8-4-2-6-13(15)10-9-12(14)5-1/h1,3,5,7H,2,4,6,8,11H2. The quantitative estimate of drug-likeness (QED) is 0.555. The molecular formula is C15H14. The van der Waals surface area contributed by atoms with Crippen LogP contribution in [0.25, 0.3) is 0 Å². The molecule has 0 bridgehead atoms. The van der Waals surface area contributed by atoms with Crippen molar-refractivity contribution in [3.05, 3.63) is 46.5 Å². The van der Waals surface area contributed by atoms with Crippen LogP contribution in [0.3, 0.4) is 0 Å². The van der Waals surface area contributed by atoms with Gasteiger partial charge in [0.05, 0.1) is 0 Å². The van der Waals surface area contributed by atoms with Gasteiger partial charge in [0.25, 0.3) is 0 Å². The van der Waals surface area contributed by atoms with Crippen LogP contribution in [0.4, 0.5) is 0 Å². The van der Waals surface area contributed by atoms with E-state index in [1.54, 1.807) is 5.57 Å². The van der Waals surface area contributed by atoms with Crippen LogP contribution in [0.5, 0.6) is 0 Å². The number of rotatable bonds is 0. The third kappa shape index (κ3) is 1.59. The van der Waals surface area contributed by atoms with Gasteiger partial charge in [0.15, 0.2) is 0 Å². The molecule has 0 aliphatic heterocycles. The second-order valence-electron chi connectivity index (χ2n) is 4.37. The van der Waals surface area contributed by atoms with Gasteiger partial charge in [-0.2, -0.15) is 0 Å². The maximum atomic E-state index is 3.37. The van der Waals surface area contributed by atoms with Crippen molar-refractivity contribution >= 4 is 0 Å². The fraction of sp³-hybridized carbons (Fsp3) is 0.333. The van der Waals surface area contributed by atoms with Gasteiger partial charge in [-0.1, -0.05) is 35.6 Å². The lowest BCUT2D eigenvalue weighted by molar-refractivity contribution is 0.674. The van der Waals surface area contributed by atoms with Gasteiger partial charge in [0.1, 0.15) is 0 Å². The number of benzene rings is 1. The molecule has 0 nitrogen and oxygen atoms in total. The number of hydrogen-bond acceptors (Lipinski definition) is 0. The van der Waals surface area contributed by atoms with E-state index in [0.717, 1.165) is 6.42 Å². The number of fused-ring (bicyclic) bond motifs is 1. The largest absolute Gasteiger partial charge is 0.0661 e. The average molecular weight is 194 g/mol. The lowest BCUT2D eigenvalue weighted by atomic mass is 9.89. The molecular weight excluding hydrogens is 180 g/mol. The van der Waals surface area contributed by atoms with Gasteiger partial charge in [0, 0.05) is 11.1 Å². The molecule has 0 heterocycles. The Bertz CT molecular complexity index is 480. The Morgan fingerprint density at radius 1 is 0.933 bits per heavy atom. The SMILES string of the molecule is C1#Cc2ccccc2CC2=C1CCCC2. The third-order valence-corrected chi connectivity index (χ3v) is 3.35. The van der Waals surface area contributed by atoms with E-state index in [9.17, 15) is 0 Å². The Labute approximate surface area is 91.0 Å². The van der Waals surface area contributed by atoms with Gasteiger partial charge >= 0.3 is 0 Å². The highest BCUT2D eigenvalue weighted by Gasteiger charge is 2.14. The van der Waals surface area contributed by atoms with Crippen molar-refractivity contribution in [2.75, 3.05) is 0 Å². The predicted molar refractivity (Wildman–Crippen MR) is 62.5 cm³/mol. The van der Waals surface area contributed by atoms with E-state index < -0.39 is 0 Å². The highest BCUT2D eigenvalue weighted by Crippen LogP contribution is 2.29. The smallest absolute Gasteiger partial charge is 0.0284 e. The van der Waals surface area contributed by atoms with E-state index in [1.807, 2.05) is 0 Å². The fourth-order valence-electron chi connectivity index (χ4n) is 2.48. The summed E-state index contributed by atoms with van der Waals surface area (Å²) in [5, 5.41) is 0. The molecule has 2 aliphatic carbocycles. The number of allylic oxidation sites excluding steroid dienone is 2. The van der Waals surface area contributed by atoms with E-state index in [1.165, 1.54) is 42.4 Å². The first-order chi connectivity index (χ1) is 7.43. The molecule has 3 rings (SSSR count). The minimum Gasteiger partial charge on any atom is -0.0661 e. The minimum absolute atomic E-state index is 1.12. The van der Waals surface area contributed by atoms with Gasteiger partial charge in [-0.25, -0.2) is 0 Å². The zero-order valence-corrected chi connectivity index (χ0v) is 8.84. The van der Waals surface area contributed by atoms with Crippen LogP contribution in [0, 0.1) is 11.8 Å². The summed E-state index contributed by atoms with van der Waals surface area (Å²) in [6.45, 7) is 0. The third-order valence-electron chi connectivity index (χ3n) is 3.35. The van der Waals surface area contributed by atoms with Gasteiger partial charge in [-0.05, 0) is 43.7 Å². The fourth-order valence-corrected chi connectivity index (χ4v) is 2.48. The molecule has 0 amide bonds. The maximum Gasteiger partial charge on any atom is 0.0284 e. The van der Waals surface area contributed by atoms with Gasteiger partial charge < -0.3 is 0 Å². The molecule has 0 saturated heterocycles. The highest BCUT2D eigenvalue weighted by atomic mass is 14.2. The summed E-state index contributed by atoms with van der Waals surface area (Å²) >= 11 is 0. The molecule has 15 heavy (non-hydrogen) atoms. The summed E-state index contributed by atoms with van der Waals surface area (Å²) < 4.78 is 0. The van der Waals surface area contributed by atoms with Crippen molar-refractivity contribution in [2.45, 2.75) is 32.1 Å². The van der Waals surface area contributed by atoms with Crippen molar-refractivity contribution in [1.82, 2.24) is 0 Å². The average Bonchev–Trinajstić information content (AvgIpc) is 2.48. The van der Waals surface area contributed by atoms with Crippen LogP contribution in [0.2, 0.25) is 0 Å². The van der Waals surface area contributed by atoms with Gasteiger partial charge in [0.2, 0.25) is 0 Å². The van der Waals surface area contributed by atoms with Crippen LogP contribution >= 0.6 is 0 Å². The Kier molecular flexibility index (Phi) is 2.10. The molecule has 2 aliphatic rings. The highest BCUT2D eigenvalue weighted by molar-refractivity contribution is 5.51. The van der Waals surface area contributed by atoms with Crippen LogP contribution in [-0.4, -0.2) is 0 Å². The van der Waals surface area contributed by atoms with Crippen molar-refractivity contribution in [3.8, 4) is 11.8 Å². The van der Waals surface area contributed by atoms with Crippen molar-refractivity contribution in [1.29, 1.82) is 0 Å². The Balaban J connectivity index is 2.08. The lowest BCUT2D eigenvalue weighted by Gasteiger charge is -2.15. The summed E-state index contributed by atoms with van der Waals surface area (Å²) in [5.74, 6) is 6.69. The molecule has 0 fully saturated rings. The van der Waals surface area contributed by atoms with Crippen molar-refractivity contribution < 1.29 is 0 Å². The summed E-state index contributed by atoms with van der Waals surface area (Å²) in [4.78, 5) is 0. The molecule has 1 aromatic rings. The van der Waals surface area contributed by atoms with Crippen LogP contribution in [0.1, 0.15) is 36.8 Å². The second kappa shape index (κ2) is 3.59. The zero-order chi connectivity index (χ0) is 10.1. The first kappa shape index (κ1) is 8.80. The minimum atomic E-state index is 1.12. The molecule has 0 saturated carbocycles. The first-order valence-electron chi connectivity index (χ1n) is 5.74. The molecule has 74 valence electrons. The van der Waals surface area contributed by atoms with Crippen LogP contribution < -0.4 is 0 Å². The maximum absolute atomic E-state index is 3.37. The van der Waals surface area contributed by atoms with E-state index >= 15 is 0 Å².